The van der Waals surface area contributed by atoms with Crippen molar-refractivity contribution in [1.29, 1.82) is 0 Å². The third kappa shape index (κ3) is 4.20. The van der Waals surface area contributed by atoms with Gasteiger partial charge >= 0.3 is 0 Å². The number of hydrogen-bond acceptors (Lipinski definition) is 3. The fourth-order valence-electron chi connectivity index (χ4n) is 3.27. The van der Waals surface area contributed by atoms with Crippen molar-refractivity contribution in [2.45, 2.75) is 27.2 Å². The van der Waals surface area contributed by atoms with Crippen molar-refractivity contribution in [3.05, 3.63) is 84.4 Å². The smallest absolute Gasteiger partial charge is 0.248 e. The molecule has 4 rings (SSSR count). The van der Waals surface area contributed by atoms with Gasteiger partial charge in [0.05, 0.1) is 0 Å². The second-order valence-corrected chi connectivity index (χ2v) is 8.29. The minimum absolute atomic E-state index is 0.269. The van der Waals surface area contributed by atoms with Gasteiger partial charge in [-0.1, -0.05) is 75.4 Å². The van der Waals surface area contributed by atoms with Gasteiger partial charge in [0.25, 0.3) is 0 Å². The molecule has 3 aromatic carbocycles. The van der Waals surface area contributed by atoms with E-state index in [2.05, 4.69) is 79.5 Å². The second kappa shape index (κ2) is 7.43. The summed E-state index contributed by atoms with van der Waals surface area (Å²) in [6.07, 6.45) is 1.04. The third-order valence-corrected chi connectivity index (χ3v) is 4.60. The maximum absolute atomic E-state index is 5.92. The van der Waals surface area contributed by atoms with Gasteiger partial charge in [0.15, 0.2) is 0 Å². The lowest BCUT2D eigenvalue weighted by Gasteiger charge is -2.17. The van der Waals surface area contributed by atoms with Gasteiger partial charge in [-0.05, 0) is 52.8 Å². The number of rotatable bonds is 4. The Labute approximate surface area is 166 Å². The molecule has 4 aromatic rings. The molecule has 0 unspecified atom stereocenters. The summed E-state index contributed by atoms with van der Waals surface area (Å²) in [7, 11) is 0. The van der Waals surface area contributed by atoms with Crippen LogP contribution in [0.2, 0.25) is 0 Å². The van der Waals surface area contributed by atoms with Gasteiger partial charge < -0.3 is 4.42 Å². The normalized spacial score (nSPS) is 11.5. The molecule has 3 heteroatoms. The van der Waals surface area contributed by atoms with Crippen molar-refractivity contribution < 1.29 is 4.42 Å². The summed E-state index contributed by atoms with van der Waals surface area (Å²) >= 11 is 0. The molecule has 0 bridgehead atoms. The summed E-state index contributed by atoms with van der Waals surface area (Å²) in [6, 6.07) is 26.9. The van der Waals surface area contributed by atoms with Crippen molar-refractivity contribution in [3.63, 3.8) is 0 Å². The fraction of sp³-hybridized carbons (Fsp3) is 0.200. The highest BCUT2D eigenvalue weighted by Gasteiger charge is 2.13. The highest BCUT2D eigenvalue weighted by atomic mass is 16.4. The SMILES string of the molecule is CC(C)(C)Cc1ccc(-c2nnc(-c3ccc(-c4ccccc4)cc3)o2)cc1. The summed E-state index contributed by atoms with van der Waals surface area (Å²) in [5.74, 6) is 1.08. The number of hydrogen-bond donors (Lipinski definition) is 0. The standard InChI is InChI=1S/C25H24N2O/c1-25(2,3)17-18-9-11-21(12-10-18)23-26-27-24(28-23)22-15-13-20(14-16-22)19-7-5-4-6-8-19/h4-16H,17H2,1-3H3. The van der Waals surface area contributed by atoms with Crippen LogP contribution in [0.3, 0.4) is 0 Å². The monoisotopic (exact) mass is 368 g/mol. The van der Waals surface area contributed by atoms with Crippen LogP contribution in [-0.4, -0.2) is 10.2 Å². The van der Waals surface area contributed by atoms with E-state index >= 15 is 0 Å². The Kier molecular flexibility index (Phi) is 4.82. The van der Waals surface area contributed by atoms with Crippen LogP contribution in [0.15, 0.2) is 83.3 Å². The molecule has 0 aliphatic carbocycles. The Bertz CT molecular complexity index is 1040. The zero-order chi connectivity index (χ0) is 19.6. The third-order valence-electron chi connectivity index (χ3n) is 4.60. The average Bonchev–Trinajstić information content (AvgIpc) is 3.18. The van der Waals surface area contributed by atoms with Crippen LogP contribution in [-0.2, 0) is 6.42 Å². The Morgan fingerprint density at radius 3 is 1.61 bits per heavy atom. The first-order valence-electron chi connectivity index (χ1n) is 9.57. The molecule has 1 aromatic heterocycles. The second-order valence-electron chi connectivity index (χ2n) is 8.29. The molecule has 0 fully saturated rings. The molecular weight excluding hydrogens is 344 g/mol. The predicted octanol–water partition coefficient (Wildman–Crippen LogP) is 6.66. The minimum Gasteiger partial charge on any atom is -0.416 e. The zero-order valence-electron chi connectivity index (χ0n) is 16.5. The highest BCUT2D eigenvalue weighted by Crippen LogP contribution is 2.28. The molecule has 0 radical (unpaired) electrons. The highest BCUT2D eigenvalue weighted by molar-refractivity contribution is 5.67. The van der Waals surface area contributed by atoms with E-state index < -0.39 is 0 Å². The van der Waals surface area contributed by atoms with Crippen LogP contribution in [0.4, 0.5) is 0 Å². The van der Waals surface area contributed by atoms with Gasteiger partial charge in [-0.15, -0.1) is 10.2 Å². The van der Waals surface area contributed by atoms with Gasteiger partial charge in [0, 0.05) is 11.1 Å². The summed E-state index contributed by atoms with van der Waals surface area (Å²) in [6.45, 7) is 6.73. The maximum atomic E-state index is 5.92. The molecule has 3 nitrogen and oxygen atoms in total. The van der Waals surface area contributed by atoms with Crippen molar-refractivity contribution in [2.24, 2.45) is 5.41 Å². The molecular formula is C25H24N2O. The number of aromatic nitrogens is 2. The van der Waals surface area contributed by atoms with E-state index in [0.29, 0.717) is 11.8 Å². The molecule has 0 saturated heterocycles. The van der Waals surface area contributed by atoms with E-state index in [1.54, 1.807) is 0 Å². The summed E-state index contributed by atoms with van der Waals surface area (Å²) in [4.78, 5) is 0. The Morgan fingerprint density at radius 1 is 0.607 bits per heavy atom. The van der Waals surface area contributed by atoms with Crippen LogP contribution in [0.5, 0.6) is 0 Å². The minimum atomic E-state index is 0.269. The number of nitrogens with zero attached hydrogens (tertiary/aromatic N) is 2. The molecule has 0 saturated carbocycles. The topological polar surface area (TPSA) is 38.9 Å². The van der Waals surface area contributed by atoms with Crippen molar-refractivity contribution >= 4 is 0 Å². The largest absolute Gasteiger partial charge is 0.416 e. The first-order chi connectivity index (χ1) is 13.5. The molecule has 1 heterocycles. The van der Waals surface area contributed by atoms with E-state index in [1.807, 2.05) is 30.3 Å². The van der Waals surface area contributed by atoms with Crippen LogP contribution < -0.4 is 0 Å². The Hall–Kier alpha value is -3.20. The first kappa shape index (κ1) is 18.2. The fourth-order valence-corrected chi connectivity index (χ4v) is 3.27. The van der Waals surface area contributed by atoms with E-state index in [1.165, 1.54) is 16.7 Å². The molecule has 0 aliphatic heterocycles. The van der Waals surface area contributed by atoms with Crippen LogP contribution in [0.1, 0.15) is 26.3 Å². The zero-order valence-corrected chi connectivity index (χ0v) is 16.5. The van der Waals surface area contributed by atoms with Crippen molar-refractivity contribution in [3.8, 4) is 34.0 Å². The van der Waals surface area contributed by atoms with Crippen molar-refractivity contribution in [1.82, 2.24) is 10.2 Å². The number of benzene rings is 3. The van der Waals surface area contributed by atoms with Gasteiger partial charge in [-0.25, -0.2) is 0 Å². The lowest BCUT2D eigenvalue weighted by Crippen LogP contribution is -2.08. The van der Waals surface area contributed by atoms with E-state index in [9.17, 15) is 0 Å². The summed E-state index contributed by atoms with van der Waals surface area (Å²) in [5, 5.41) is 8.46. The average molecular weight is 368 g/mol. The van der Waals surface area contributed by atoms with Crippen LogP contribution in [0, 0.1) is 5.41 Å². The molecule has 0 aliphatic rings. The maximum Gasteiger partial charge on any atom is 0.248 e. The lowest BCUT2D eigenvalue weighted by molar-refractivity contribution is 0.411. The quantitative estimate of drug-likeness (QED) is 0.404. The molecule has 0 N–H and O–H groups in total. The van der Waals surface area contributed by atoms with Crippen LogP contribution >= 0.6 is 0 Å². The molecule has 0 atom stereocenters. The van der Waals surface area contributed by atoms with E-state index in [-0.39, 0.29) is 5.41 Å². The van der Waals surface area contributed by atoms with Gasteiger partial charge in [-0.2, -0.15) is 0 Å². The van der Waals surface area contributed by atoms with Gasteiger partial charge in [0.1, 0.15) is 0 Å². The van der Waals surface area contributed by atoms with E-state index in [4.69, 9.17) is 4.42 Å². The molecule has 0 amide bonds. The summed E-state index contributed by atoms with van der Waals surface area (Å²) in [5.41, 5.74) is 5.80. The van der Waals surface area contributed by atoms with E-state index in [0.717, 1.165) is 17.5 Å². The predicted molar refractivity (Wildman–Crippen MR) is 114 cm³/mol. The van der Waals surface area contributed by atoms with Gasteiger partial charge in [-0.3, -0.25) is 0 Å². The Morgan fingerprint density at radius 2 is 1.07 bits per heavy atom. The summed E-state index contributed by atoms with van der Waals surface area (Å²) < 4.78 is 5.92. The van der Waals surface area contributed by atoms with Crippen molar-refractivity contribution in [2.75, 3.05) is 0 Å². The Balaban J connectivity index is 1.53. The first-order valence-corrected chi connectivity index (χ1v) is 9.57. The van der Waals surface area contributed by atoms with Crippen LogP contribution in [0.25, 0.3) is 34.0 Å². The van der Waals surface area contributed by atoms with Gasteiger partial charge in [0.2, 0.25) is 11.8 Å². The lowest BCUT2D eigenvalue weighted by atomic mass is 9.88. The molecule has 0 spiro atoms. The molecule has 140 valence electrons. The molecule has 28 heavy (non-hydrogen) atoms.